The molecule has 1 aliphatic heterocycles. The monoisotopic (exact) mass is 414 g/mol. The van der Waals surface area contributed by atoms with E-state index >= 15 is 0 Å². The van der Waals surface area contributed by atoms with Gasteiger partial charge in [-0.05, 0) is 75.2 Å². The number of pyridine rings is 2. The molecule has 2 fully saturated rings. The first-order chi connectivity index (χ1) is 13.8. The van der Waals surface area contributed by atoms with Crippen LogP contribution < -0.4 is 10.6 Å². The summed E-state index contributed by atoms with van der Waals surface area (Å²) in [6, 6.07) is 8.28. The molecule has 158 valence electrons. The third-order valence-electron chi connectivity index (χ3n) is 6.13. The summed E-state index contributed by atoms with van der Waals surface area (Å²) in [6.07, 6.45) is 12.1. The van der Waals surface area contributed by atoms with E-state index in [4.69, 9.17) is 16.6 Å². The van der Waals surface area contributed by atoms with Crippen molar-refractivity contribution in [1.82, 2.24) is 15.3 Å². The largest absolute Gasteiger partial charge is 0.370 e. The van der Waals surface area contributed by atoms with Gasteiger partial charge in [-0.2, -0.15) is 0 Å². The van der Waals surface area contributed by atoms with E-state index < -0.39 is 0 Å². The third kappa shape index (κ3) is 6.16. The lowest BCUT2D eigenvalue weighted by Crippen LogP contribution is -2.31. The number of nitrogens with one attached hydrogen (secondary N) is 2. The number of aromatic nitrogens is 2. The molecule has 0 unspecified atom stereocenters. The summed E-state index contributed by atoms with van der Waals surface area (Å²) in [6.45, 7) is 3.24. The van der Waals surface area contributed by atoms with Crippen LogP contribution >= 0.6 is 11.6 Å². The van der Waals surface area contributed by atoms with Crippen molar-refractivity contribution in [3.8, 4) is 11.3 Å². The summed E-state index contributed by atoms with van der Waals surface area (Å²) in [5.41, 5.74) is 3.01. The van der Waals surface area contributed by atoms with Crippen molar-refractivity contribution in [3.05, 3.63) is 41.2 Å². The van der Waals surface area contributed by atoms with Crippen LogP contribution in [-0.4, -0.2) is 29.6 Å². The van der Waals surface area contributed by atoms with E-state index in [9.17, 15) is 0 Å². The minimum atomic E-state index is 0. The highest BCUT2D eigenvalue weighted by molar-refractivity contribution is 6.33. The molecule has 2 aromatic heterocycles. The minimum absolute atomic E-state index is 0. The summed E-state index contributed by atoms with van der Waals surface area (Å²) >= 11 is 6.49. The Balaban J connectivity index is 0.00000240. The molecule has 0 bridgehead atoms. The van der Waals surface area contributed by atoms with Gasteiger partial charge in [0.25, 0.3) is 0 Å². The second-order valence-corrected chi connectivity index (χ2v) is 8.77. The highest BCUT2D eigenvalue weighted by Crippen LogP contribution is 2.29. The van der Waals surface area contributed by atoms with E-state index in [0.717, 1.165) is 54.7 Å². The van der Waals surface area contributed by atoms with E-state index in [1.54, 1.807) is 6.20 Å². The molecule has 1 aliphatic carbocycles. The molecule has 1 saturated carbocycles. The van der Waals surface area contributed by atoms with Crippen molar-refractivity contribution in [2.24, 2.45) is 11.8 Å². The number of anilines is 1. The molecule has 4 nitrogen and oxygen atoms in total. The lowest BCUT2D eigenvalue weighted by atomic mass is 9.89. The Morgan fingerprint density at radius 1 is 1.07 bits per heavy atom. The zero-order valence-electron chi connectivity index (χ0n) is 16.6. The molecule has 3 heterocycles. The molecule has 2 aromatic rings. The van der Waals surface area contributed by atoms with Crippen molar-refractivity contribution in [2.75, 3.05) is 25.0 Å². The Kier molecular flexibility index (Phi) is 8.31. The van der Waals surface area contributed by atoms with Crippen LogP contribution in [0.4, 0.5) is 5.82 Å². The zero-order chi connectivity index (χ0) is 19.2. The molecular formula is C24H35ClN4. The molecule has 2 N–H and O–H groups in total. The highest BCUT2D eigenvalue weighted by Gasteiger charge is 2.16. The van der Waals surface area contributed by atoms with Crippen LogP contribution in [0.1, 0.15) is 58.1 Å². The molecule has 0 aromatic carbocycles. The maximum absolute atomic E-state index is 6.49. The van der Waals surface area contributed by atoms with E-state index in [1.807, 2.05) is 6.07 Å². The van der Waals surface area contributed by atoms with E-state index in [2.05, 4.69) is 33.8 Å². The molecule has 5 heteroatoms. The van der Waals surface area contributed by atoms with E-state index in [1.165, 1.54) is 44.9 Å². The Morgan fingerprint density at radius 3 is 2.69 bits per heavy atom. The standard InChI is InChI=1S/C23H31ClN4.CH4/c24-21-16-26-19(12-18-8-5-11-25-14-18)13-20(21)22-9-4-10-23(28-22)27-15-17-6-2-1-3-7-17;/h4,9-10,13,16-18,25H,1-3,5-8,11-12,14-15H2,(H,27,28);1H4/t18-;/m1./s1. The van der Waals surface area contributed by atoms with Gasteiger partial charge < -0.3 is 10.6 Å². The average Bonchev–Trinajstić information content (AvgIpc) is 2.75. The zero-order valence-corrected chi connectivity index (χ0v) is 17.3. The smallest absolute Gasteiger partial charge is 0.126 e. The summed E-state index contributed by atoms with van der Waals surface area (Å²) in [4.78, 5) is 9.42. The number of nitrogens with zero attached hydrogens (tertiary/aromatic N) is 2. The van der Waals surface area contributed by atoms with Gasteiger partial charge in [-0.1, -0.05) is 44.4 Å². The van der Waals surface area contributed by atoms with E-state index in [-0.39, 0.29) is 7.43 Å². The molecule has 0 amide bonds. The Labute approximate surface area is 180 Å². The van der Waals surface area contributed by atoms with Crippen LogP contribution in [-0.2, 0) is 6.42 Å². The molecule has 0 spiro atoms. The maximum atomic E-state index is 6.49. The summed E-state index contributed by atoms with van der Waals surface area (Å²) in [7, 11) is 0. The van der Waals surface area contributed by atoms with Gasteiger partial charge in [0.15, 0.2) is 0 Å². The van der Waals surface area contributed by atoms with Crippen molar-refractivity contribution in [3.63, 3.8) is 0 Å². The van der Waals surface area contributed by atoms with Gasteiger partial charge in [0, 0.05) is 24.0 Å². The molecule has 2 aliphatic rings. The van der Waals surface area contributed by atoms with E-state index in [0.29, 0.717) is 10.9 Å². The number of piperidine rings is 1. The molecule has 4 rings (SSSR count). The van der Waals surface area contributed by atoms with Gasteiger partial charge in [0.05, 0.1) is 10.7 Å². The van der Waals surface area contributed by atoms with Crippen LogP contribution in [0, 0.1) is 11.8 Å². The number of hydrogen-bond acceptors (Lipinski definition) is 4. The van der Waals surface area contributed by atoms with Gasteiger partial charge in [-0.15, -0.1) is 0 Å². The Hall–Kier alpha value is -1.65. The predicted octanol–water partition coefficient (Wildman–Crippen LogP) is 5.97. The fraction of sp³-hybridized carbons (Fsp3) is 0.583. The number of hydrogen-bond donors (Lipinski definition) is 2. The van der Waals surface area contributed by atoms with Gasteiger partial charge in [-0.25, -0.2) is 4.98 Å². The van der Waals surface area contributed by atoms with Crippen LogP contribution in [0.5, 0.6) is 0 Å². The first-order valence-electron chi connectivity index (χ1n) is 10.8. The lowest BCUT2D eigenvalue weighted by molar-refractivity contribution is 0.373. The minimum Gasteiger partial charge on any atom is -0.370 e. The summed E-state index contributed by atoms with van der Waals surface area (Å²) in [5, 5.41) is 7.70. The average molecular weight is 415 g/mol. The Bertz CT molecular complexity index is 767. The number of halogens is 1. The van der Waals surface area contributed by atoms with Crippen molar-refractivity contribution in [1.29, 1.82) is 0 Å². The first kappa shape index (κ1) is 22.0. The highest BCUT2D eigenvalue weighted by atomic mass is 35.5. The summed E-state index contributed by atoms with van der Waals surface area (Å²) in [5.74, 6) is 2.38. The quantitative estimate of drug-likeness (QED) is 0.611. The number of rotatable bonds is 6. The van der Waals surface area contributed by atoms with Crippen LogP contribution in [0.15, 0.2) is 30.5 Å². The second kappa shape index (κ2) is 10.9. The van der Waals surface area contributed by atoms with Crippen LogP contribution in [0.2, 0.25) is 5.02 Å². The summed E-state index contributed by atoms with van der Waals surface area (Å²) < 4.78 is 0. The van der Waals surface area contributed by atoms with Crippen LogP contribution in [0.3, 0.4) is 0 Å². The molecule has 0 radical (unpaired) electrons. The fourth-order valence-electron chi connectivity index (χ4n) is 4.51. The van der Waals surface area contributed by atoms with Crippen molar-refractivity contribution in [2.45, 2.75) is 58.8 Å². The van der Waals surface area contributed by atoms with Crippen molar-refractivity contribution >= 4 is 17.4 Å². The van der Waals surface area contributed by atoms with Crippen molar-refractivity contribution < 1.29 is 0 Å². The first-order valence-corrected chi connectivity index (χ1v) is 11.2. The SMILES string of the molecule is C.Clc1cnc(C[C@H]2CCCNC2)cc1-c1cccc(NCC2CCCCC2)n1. The van der Waals surface area contributed by atoms with Gasteiger partial charge in [0.1, 0.15) is 5.82 Å². The molecule has 1 atom stereocenters. The van der Waals surface area contributed by atoms with Gasteiger partial charge in [0.2, 0.25) is 0 Å². The topological polar surface area (TPSA) is 49.8 Å². The predicted molar refractivity (Wildman–Crippen MR) is 124 cm³/mol. The van der Waals surface area contributed by atoms with Gasteiger partial charge in [-0.3, -0.25) is 4.98 Å². The molecule has 1 saturated heterocycles. The van der Waals surface area contributed by atoms with Crippen LogP contribution in [0.25, 0.3) is 11.3 Å². The molecule has 29 heavy (non-hydrogen) atoms. The third-order valence-corrected chi connectivity index (χ3v) is 6.43. The Morgan fingerprint density at radius 2 is 1.90 bits per heavy atom. The lowest BCUT2D eigenvalue weighted by Gasteiger charge is -2.22. The van der Waals surface area contributed by atoms with Gasteiger partial charge >= 0.3 is 0 Å². The molecular weight excluding hydrogens is 380 g/mol. The second-order valence-electron chi connectivity index (χ2n) is 8.36. The fourth-order valence-corrected chi connectivity index (χ4v) is 4.71. The maximum Gasteiger partial charge on any atom is 0.126 e. The normalized spacial score (nSPS) is 20.1.